The maximum atomic E-state index is 15.8. The third kappa shape index (κ3) is 3.11. The molecule has 0 fully saturated rings. The Morgan fingerprint density at radius 3 is 1.30 bits per heavy atom. The van der Waals surface area contributed by atoms with E-state index in [1.54, 1.807) is 0 Å². The zero-order chi connectivity index (χ0) is 20.6. The lowest BCUT2D eigenvalue weighted by Crippen LogP contribution is -2.54. The van der Waals surface area contributed by atoms with Crippen LogP contribution < -0.4 is 0 Å². The lowest BCUT2D eigenvalue weighted by molar-refractivity contribution is -0.323. The number of rotatable bonds is 5. The van der Waals surface area contributed by atoms with Crippen LogP contribution in [0.4, 0.5) is 26.3 Å². The Balaban J connectivity index is 3.01. The van der Waals surface area contributed by atoms with E-state index >= 15 is 4.39 Å². The maximum Gasteiger partial charge on any atom is 0.457 e. The molecule has 0 amide bonds. The van der Waals surface area contributed by atoms with Crippen molar-refractivity contribution in [2.45, 2.75) is 17.8 Å². The minimum Gasteiger partial charge on any atom is -0.478 e. The van der Waals surface area contributed by atoms with Gasteiger partial charge in [0.1, 0.15) is 0 Å². The molecule has 27 heavy (non-hydrogen) atoms. The normalized spacial score (nSPS) is 12.7. The predicted molar refractivity (Wildman–Crippen MR) is 79.7 cm³/mol. The van der Waals surface area contributed by atoms with Crippen molar-refractivity contribution in [3.63, 3.8) is 0 Å². The zero-order valence-electron chi connectivity index (χ0n) is 13.1. The van der Waals surface area contributed by atoms with E-state index in [1.807, 2.05) is 0 Å². The Kier molecular flexibility index (Phi) is 4.96. The summed E-state index contributed by atoms with van der Waals surface area (Å²) in [6, 6.07) is 5.91. The summed E-state index contributed by atoms with van der Waals surface area (Å²) < 4.78 is 83.7. The van der Waals surface area contributed by atoms with Crippen LogP contribution in [0.1, 0.15) is 31.8 Å². The van der Waals surface area contributed by atoms with E-state index < -0.39 is 52.0 Å². The van der Waals surface area contributed by atoms with Gasteiger partial charge in [-0.25, -0.2) is 14.0 Å². The topological polar surface area (TPSA) is 74.6 Å². The van der Waals surface area contributed by atoms with Gasteiger partial charge in [-0.3, -0.25) is 0 Å². The molecule has 10 heteroatoms. The van der Waals surface area contributed by atoms with Crippen molar-refractivity contribution >= 4 is 11.9 Å². The van der Waals surface area contributed by atoms with Gasteiger partial charge in [0.15, 0.2) is 0 Å². The zero-order valence-corrected chi connectivity index (χ0v) is 13.1. The predicted octanol–water partition coefficient (Wildman–Crippen LogP) is 4.49. The maximum absolute atomic E-state index is 15.8. The highest BCUT2D eigenvalue weighted by Crippen LogP contribution is 2.55. The lowest BCUT2D eigenvalue weighted by atomic mass is 9.78. The molecule has 0 bridgehead atoms. The first kappa shape index (κ1) is 20.3. The van der Waals surface area contributed by atoms with Crippen molar-refractivity contribution in [1.29, 1.82) is 0 Å². The van der Waals surface area contributed by atoms with Crippen LogP contribution in [0.5, 0.6) is 0 Å². The van der Waals surface area contributed by atoms with Crippen LogP contribution in [0.25, 0.3) is 0 Å². The summed E-state index contributed by atoms with van der Waals surface area (Å²) in [6.45, 7) is 0. The molecule has 0 saturated carbocycles. The van der Waals surface area contributed by atoms with Crippen molar-refractivity contribution in [3.8, 4) is 0 Å². The second-order valence-corrected chi connectivity index (χ2v) is 5.43. The third-order valence-corrected chi connectivity index (χ3v) is 3.85. The number of carbonyl (C=O) groups is 2. The van der Waals surface area contributed by atoms with Gasteiger partial charge in [0.25, 0.3) is 0 Å². The molecule has 2 N–H and O–H groups in total. The van der Waals surface area contributed by atoms with Crippen molar-refractivity contribution in [3.05, 3.63) is 70.8 Å². The van der Waals surface area contributed by atoms with Crippen molar-refractivity contribution in [2.24, 2.45) is 0 Å². The molecule has 0 saturated heterocycles. The Morgan fingerprint density at radius 2 is 1.00 bits per heavy atom. The van der Waals surface area contributed by atoms with Crippen molar-refractivity contribution in [1.82, 2.24) is 0 Å². The number of halogens is 6. The Bertz CT molecular complexity index is 833. The van der Waals surface area contributed by atoms with Gasteiger partial charge >= 0.3 is 24.0 Å². The SMILES string of the molecule is O=C(O)c1ccccc1C(F)(c1ccccc1C(=O)O)C(F)(F)C(F)(F)F. The Labute approximate surface area is 147 Å². The standard InChI is InChI=1S/C17H10F6O4/c18-15(16(19,20)17(21,22)23,11-7-3-1-5-9(11)13(24)25)12-8-4-2-6-10(12)14(26)27/h1-8H,(H,24,25)(H,26,27). The molecule has 0 atom stereocenters. The molecular weight excluding hydrogens is 382 g/mol. The highest BCUT2D eigenvalue weighted by molar-refractivity contribution is 5.92. The Morgan fingerprint density at radius 1 is 0.667 bits per heavy atom. The second kappa shape index (κ2) is 6.60. The van der Waals surface area contributed by atoms with E-state index in [0.717, 1.165) is 24.3 Å². The van der Waals surface area contributed by atoms with E-state index in [0.29, 0.717) is 24.3 Å². The fourth-order valence-electron chi connectivity index (χ4n) is 2.62. The second-order valence-electron chi connectivity index (χ2n) is 5.43. The molecule has 0 heterocycles. The molecule has 0 aliphatic carbocycles. The van der Waals surface area contributed by atoms with Crippen LogP contribution >= 0.6 is 0 Å². The first-order chi connectivity index (χ1) is 12.4. The van der Waals surface area contributed by atoms with Crippen molar-refractivity contribution in [2.75, 3.05) is 0 Å². The average molecular weight is 392 g/mol. The summed E-state index contributed by atoms with van der Waals surface area (Å²) in [5.41, 5.74) is -10.2. The van der Waals surface area contributed by atoms with Crippen LogP contribution in [-0.2, 0) is 5.67 Å². The first-order valence-corrected chi connectivity index (χ1v) is 7.14. The summed E-state index contributed by atoms with van der Waals surface area (Å²) in [6.07, 6.45) is -6.45. The fourth-order valence-corrected chi connectivity index (χ4v) is 2.62. The third-order valence-electron chi connectivity index (χ3n) is 3.85. The molecule has 144 valence electrons. The number of hydrogen-bond acceptors (Lipinski definition) is 2. The number of aromatic carboxylic acids is 2. The number of hydrogen-bond donors (Lipinski definition) is 2. The minimum atomic E-state index is -6.45. The summed E-state index contributed by atoms with van der Waals surface area (Å²) >= 11 is 0. The molecule has 0 spiro atoms. The summed E-state index contributed by atoms with van der Waals surface area (Å²) in [4.78, 5) is 22.6. The van der Waals surface area contributed by atoms with Gasteiger partial charge in [0.2, 0.25) is 5.67 Å². The molecule has 0 radical (unpaired) electrons. The number of alkyl halides is 6. The van der Waals surface area contributed by atoms with E-state index in [9.17, 15) is 31.5 Å². The van der Waals surface area contributed by atoms with Crippen LogP contribution in [0.3, 0.4) is 0 Å². The van der Waals surface area contributed by atoms with Crippen LogP contribution in [0.15, 0.2) is 48.5 Å². The Hall–Kier alpha value is -3.04. The highest BCUT2D eigenvalue weighted by Gasteiger charge is 2.73. The molecule has 0 aliphatic heterocycles. The molecule has 4 nitrogen and oxygen atoms in total. The van der Waals surface area contributed by atoms with Crippen LogP contribution in [-0.4, -0.2) is 34.3 Å². The van der Waals surface area contributed by atoms with Gasteiger partial charge in [-0.15, -0.1) is 0 Å². The highest BCUT2D eigenvalue weighted by atomic mass is 19.4. The lowest BCUT2D eigenvalue weighted by Gasteiger charge is -2.36. The van der Waals surface area contributed by atoms with E-state index in [1.165, 1.54) is 0 Å². The van der Waals surface area contributed by atoms with Gasteiger partial charge in [0, 0.05) is 11.1 Å². The largest absolute Gasteiger partial charge is 0.478 e. The van der Waals surface area contributed by atoms with E-state index in [4.69, 9.17) is 10.2 Å². The molecule has 0 aliphatic rings. The smallest absolute Gasteiger partial charge is 0.457 e. The van der Waals surface area contributed by atoms with Gasteiger partial charge in [-0.1, -0.05) is 36.4 Å². The first-order valence-electron chi connectivity index (χ1n) is 7.14. The molecule has 2 aromatic carbocycles. The molecule has 0 aromatic heterocycles. The average Bonchev–Trinajstić information content (AvgIpc) is 2.59. The van der Waals surface area contributed by atoms with Gasteiger partial charge < -0.3 is 10.2 Å². The van der Waals surface area contributed by atoms with Gasteiger partial charge in [-0.05, 0) is 12.1 Å². The number of carboxylic acids is 2. The van der Waals surface area contributed by atoms with E-state index in [2.05, 4.69) is 0 Å². The monoisotopic (exact) mass is 392 g/mol. The van der Waals surface area contributed by atoms with Crippen LogP contribution in [0, 0.1) is 0 Å². The molecule has 2 rings (SSSR count). The number of benzene rings is 2. The number of carboxylic acid groups (broad SMARTS) is 2. The van der Waals surface area contributed by atoms with Gasteiger partial charge in [-0.2, -0.15) is 22.0 Å². The quantitative estimate of drug-likeness (QED) is 0.736. The molecular formula is C17H10F6O4. The summed E-state index contributed by atoms with van der Waals surface area (Å²) in [5, 5.41) is 18.2. The fraction of sp³-hybridized carbons (Fsp3) is 0.176. The molecule has 2 aromatic rings. The molecule has 0 unspecified atom stereocenters. The van der Waals surface area contributed by atoms with Gasteiger partial charge in [0.05, 0.1) is 11.1 Å². The summed E-state index contributed by atoms with van der Waals surface area (Å²) in [7, 11) is 0. The van der Waals surface area contributed by atoms with E-state index in [-0.39, 0.29) is 0 Å². The van der Waals surface area contributed by atoms with Crippen LogP contribution in [0.2, 0.25) is 0 Å². The minimum absolute atomic E-state index is 0.446. The van der Waals surface area contributed by atoms with Crippen molar-refractivity contribution < 1.29 is 46.1 Å². The summed E-state index contributed by atoms with van der Waals surface area (Å²) in [5.74, 6) is -10.1.